The van der Waals surface area contributed by atoms with E-state index >= 15 is 0 Å². The summed E-state index contributed by atoms with van der Waals surface area (Å²) in [4.78, 5) is 22.2. The third kappa shape index (κ3) is 4.26. The maximum absolute atomic E-state index is 12.2. The largest absolute Gasteiger partial charge is 0.506 e. The van der Waals surface area contributed by atoms with Crippen LogP contribution in [0.1, 0.15) is 5.56 Å². The third-order valence-corrected chi connectivity index (χ3v) is 3.75. The minimum absolute atomic E-state index is 0.0815. The van der Waals surface area contributed by atoms with E-state index in [-0.39, 0.29) is 27.0 Å². The molecule has 2 aromatic carbocycles. The summed E-state index contributed by atoms with van der Waals surface area (Å²) in [6.07, 6.45) is 1.21. The van der Waals surface area contributed by atoms with Gasteiger partial charge in [0.1, 0.15) is 17.4 Å². The van der Waals surface area contributed by atoms with Crippen LogP contribution in [-0.2, 0) is 4.79 Å². The molecule has 0 radical (unpaired) electrons. The summed E-state index contributed by atoms with van der Waals surface area (Å²) in [7, 11) is 0. The maximum Gasteiger partial charge on any atom is 0.273 e. The Labute approximate surface area is 151 Å². The molecule has 0 unspecified atom stereocenters. The van der Waals surface area contributed by atoms with Crippen molar-refractivity contribution in [3.8, 4) is 11.8 Å². The number of nitro benzene ring substituents is 1. The molecule has 0 aliphatic heterocycles. The number of anilines is 1. The van der Waals surface area contributed by atoms with Crippen LogP contribution in [0.5, 0.6) is 5.75 Å². The van der Waals surface area contributed by atoms with E-state index in [4.69, 9.17) is 23.2 Å². The van der Waals surface area contributed by atoms with Crippen LogP contribution in [0, 0.1) is 21.4 Å². The fourth-order valence-electron chi connectivity index (χ4n) is 1.87. The SMILES string of the molecule is N#CC(=Cc1c(Cl)cccc1Cl)C(=O)Nc1ccc([N+](=O)[O-])cc1O. The van der Waals surface area contributed by atoms with E-state index in [1.165, 1.54) is 6.08 Å². The van der Waals surface area contributed by atoms with Crippen molar-refractivity contribution in [1.82, 2.24) is 0 Å². The molecule has 0 aromatic heterocycles. The standard InChI is InChI=1S/C16H9Cl2N3O4/c17-12-2-1-3-13(18)11(12)6-9(8-19)16(23)20-14-5-4-10(21(24)25)7-15(14)22/h1-7,22H,(H,20,23). The molecule has 9 heteroatoms. The highest BCUT2D eigenvalue weighted by atomic mass is 35.5. The number of phenolic OH excluding ortho intramolecular Hbond substituents is 1. The van der Waals surface area contributed by atoms with Crippen LogP contribution < -0.4 is 5.32 Å². The van der Waals surface area contributed by atoms with Gasteiger partial charge in [-0.15, -0.1) is 0 Å². The van der Waals surface area contributed by atoms with Crippen molar-refractivity contribution in [2.24, 2.45) is 0 Å². The number of non-ortho nitro benzene ring substituents is 1. The van der Waals surface area contributed by atoms with Crippen LogP contribution in [0.3, 0.4) is 0 Å². The average Bonchev–Trinajstić information content (AvgIpc) is 2.56. The molecular formula is C16H9Cl2N3O4. The minimum atomic E-state index is -0.831. The number of benzene rings is 2. The number of nitriles is 1. The van der Waals surface area contributed by atoms with Crippen molar-refractivity contribution in [3.05, 3.63) is 67.7 Å². The summed E-state index contributed by atoms with van der Waals surface area (Å²) in [5.74, 6) is -1.33. The molecule has 0 aliphatic carbocycles. The highest BCUT2D eigenvalue weighted by Crippen LogP contribution is 2.29. The van der Waals surface area contributed by atoms with E-state index in [0.717, 1.165) is 18.2 Å². The first kappa shape index (κ1) is 18.3. The minimum Gasteiger partial charge on any atom is -0.506 e. The number of carbonyl (C=O) groups excluding carboxylic acids is 1. The smallest absolute Gasteiger partial charge is 0.273 e. The topological polar surface area (TPSA) is 116 Å². The zero-order valence-corrected chi connectivity index (χ0v) is 13.9. The molecule has 0 saturated heterocycles. The van der Waals surface area contributed by atoms with Crippen LogP contribution in [0.25, 0.3) is 6.08 Å². The predicted molar refractivity (Wildman–Crippen MR) is 93.4 cm³/mol. The number of nitrogens with zero attached hydrogens (tertiary/aromatic N) is 2. The highest BCUT2D eigenvalue weighted by molar-refractivity contribution is 6.37. The molecule has 126 valence electrons. The second-order valence-electron chi connectivity index (χ2n) is 4.72. The van der Waals surface area contributed by atoms with Crippen molar-refractivity contribution < 1.29 is 14.8 Å². The number of rotatable bonds is 4. The Morgan fingerprint density at radius 2 is 1.92 bits per heavy atom. The van der Waals surface area contributed by atoms with Gasteiger partial charge in [-0.05, 0) is 24.3 Å². The lowest BCUT2D eigenvalue weighted by Crippen LogP contribution is -2.13. The fraction of sp³-hybridized carbons (Fsp3) is 0. The quantitative estimate of drug-likeness (QED) is 0.273. The van der Waals surface area contributed by atoms with E-state index in [9.17, 15) is 25.3 Å². The van der Waals surface area contributed by atoms with Crippen LogP contribution in [0.2, 0.25) is 10.0 Å². The molecule has 0 heterocycles. The van der Waals surface area contributed by atoms with Crippen LogP contribution in [-0.4, -0.2) is 15.9 Å². The molecule has 0 bridgehead atoms. The van der Waals surface area contributed by atoms with Gasteiger partial charge in [-0.25, -0.2) is 0 Å². The van der Waals surface area contributed by atoms with Crippen molar-refractivity contribution in [2.75, 3.05) is 5.32 Å². The molecule has 7 nitrogen and oxygen atoms in total. The van der Waals surface area contributed by atoms with Gasteiger partial charge in [0, 0.05) is 21.7 Å². The molecule has 0 atom stereocenters. The number of nitrogens with one attached hydrogen (secondary N) is 1. The molecule has 0 saturated carbocycles. The van der Waals surface area contributed by atoms with E-state index in [0.29, 0.717) is 5.56 Å². The molecule has 2 rings (SSSR count). The first-order valence-electron chi connectivity index (χ1n) is 6.68. The Morgan fingerprint density at radius 1 is 1.28 bits per heavy atom. The molecule has 1 amide bonds. The van der Waals surface area contributed by atoms with Crippen LogP contribution >= 0.6 is 23.2 Å². The van der Waals surface area contributed by atoms with Crippen LogP contribution in [0.15, 0.2) is 42.0 Å². The van der Waals surface area contributed by atoms with Gasteiger partial charge >= 0.3 is 0 Å². The zero-order valence-electron chi connectivity index (χ0n) is 12.4. The molecule has 25 heavy (non-hydrogen) atoms. The highest BCUT2D eigenvalue weighted by Gasteiger charge is 2.16. The number of amides is 1. The molecular weight excluding hydrogens is 369 g/mol. The second-order valence-corrected chi connectivity index (χ2v) is 5.53. The lowest BCUT2D eigenvalue weighted by atomic mass is 10.1. The molecule has 2 N–H and O–H groups in total. The summed E-state index contributed by atoms with van der Waals surface area (Å²) in [6, 6.07) is 9.58. The molecule has 0 aliphatic rings. The monoisotopic (exact) mass is 377 g/mol. The predicted octanol–water partition coefficient (Wildman–Crippen LogP) is 4.15. The number of halogens is 2. The number of aromatic hydroxyl groups is 1. The summed E-state index contributed by atoms with van der Waals surface area (Å²) in [5.41, 5.74) is -0.436. The van der Waals surface area contributed by atoms with E-state index in [2.05, 4.69) is 5.32 Å². The second kappa shape index (κ2) is 7.66. The summed E-state index contributed by atoms with van der Waals surface area (Å²) in [5, 5.41) is 32.4. The van der Waals surface area contributed by atoms with Gasteiger partial charge in [-0.1, -0.05) is 29.3 Å². The number of carbonyl (C=O) groups is 1. The zero-order chi connectivity index (χ0) is 18.6. The van der Waals surface area contributed by atoms with E-state index in [1.54, 1.807) is 24.3 Å². The number of phenols is 1. The first-order valence-corrected chi connectivity index (χ1v) is 7.43. The van der Waals surface area contributed by atoms with Crippen molar-refractivity contribution in [3.63, 3.8) is 0 Å². The van der Waals surface area contributed by atoms with Crippen molar-refractivity contribution >= 4 is 46.6 Å². The summed E-state index contributed by atoms with van der Waals surface area (Å²) in [6.45, 7) is 0. The Hall–Kier alpha value is -3.08. The van der Waals surface area contributed by atoms with Crippen molar-refractivity contribution in [1.29, 1.82) is 5.26 Å². The average molecular weight is 378 g/mol. The lowest BCUT2D eigenvalue weighted by Gasteiger charge is -2.07. The van der Waals surface area contributed by atoms with E-state index < -0.39 is 16.6 Å². The Morgan fingerprint density at radius 3 is 2.44 bits per heavy atom. The maximum atomic E-state index is 12.2. The normalized spacial score (nSPS) is 10.8. The Balaban J connectivity index is 2.31. The van der Waals surface area contributed by atoms with Gasteiger partial charge in [0.15, 0.2) is 0 Å². The number of hydrogen-bond donors (Lipinski definition) is 2. The van der Waals surface area contributed by atoms with Gasteiger partial charge in [0.25, 0.3) is 11.6 Å². The number of nitro groups is 1. The van der Waals surface area contributed by atoms with Gasteiger partial charge in [-0.2, -0.15) is 5.26 Å². The Bertz CT molecular complexity index is 915. The molecule has 0 fully saturated rings. The Kier molecular flexibility index (Phi) is 5.60. The van der Waals surface area contributed by atoms with Crippen molar-refractivity contribution in [2.45, 2.75) is 0 Å². The van der Waals surface area contributed by atoms with Gasteiger partial charge in [-0.3, -0.25) is 14.9 Å². The summed E-state index contributed by atoms with van der Waals surface area (Å²) < 4.78 is 0. The number of hydrogen-bond acceptors (Lipinski definition) is 5. The third-order valence-electron chi connectivity index (χ3n) is 3.09. The molecule has 2 aromatic rings. The van der Waals surface area contributed by atoms with E-state index in [1.807, 2.05) is 0 Å². The van der Waals surface area contributed by atoms with Gasteiger partial charge < -0.3 is 10.4 Å². The molecule has 0 spiro atoms. The van der Waals surface area contributed by atoms with Gasteiger partial charge in [0.05, 0.1) is 16.7 Å². The van der Waals surface area contributed by atoms with Crippen LogP contribution in [0.4, 0.5) is 11.4 Å². The first-order chi connectivity index (χ1) is 11.8. The lowest BCUT2D eigenvalue weighted by molar-refractivity contribution is -0.384. The summed E-state index contributed by atoms with van der Waals surface area (Å²) >= 11 is 12.0. The van der Waals surface area contributed by atoms with Gasteiger partial charge in [0.2, 0.25) is 0 Å². The fourth-order valence-corrected chi connectivity index (χ4v) is 2.38.